The van der Waals surface area contributed by atoms with Gasteiger partial charge in [0.15, 0.2) is 0 Å². The monoisotopic (exact) mass is 334 g/mol. The van der Waals surface area contributed by atoms with Crippen LogP contribution in [-0.2, 0) is 11.8 Å². The number of fused-ring (bicyclic) bond motifs is 1. The van der Waals surface area contributed by atoms with Crippen LogP contribution in [0.5, 0.6) is 11.5 Å². The number of carbonyl (C=O) groups excluding carboxylic acids is 1. The van der Waals surface area contributed by atoms with Crippen LogP contribution in [0, 0.1) is 0 Å². The zero-order chi connectivity index (χ0) is 18.2. The van der Waals surface area contributed by atoms with E-state index >= 15 is 0 Å². The lowest BCUT2D eigenvalue weighted by molar-refractivity contribution is -0.143. The van der Waals surface area contributed by atoms with Gasteiger partial charge in [-0.1, -0.05) is 6.07 Å². The number of carboxylic acids is 1. The molecular formula is C16H18N2O6. The molecule has 0 aliphatic heterocycles. The van der Waals surface area contributed by atoms with Gasteiger partial charge in [0.25, 0.3) is 11.5 Å². The Kier molecular flexibility index (Phi) is 4.24. The fourth-order valence-corrected chi connectivity index (χ4v) is 2.33. The van der Waals surface area contributed by atoms with E-state index in [9.17, 15) is 19.5 Å². The molecule has 0 saturated heterocycles. The lowest BCUT2D eigenvalue weighted by Crippen LogP contribution is -2.50. The van der Waals surface area contributed by atoms with E-state index in [1.807, 2.05) is 0 Å². The van der Waals surface area contributed by atoms with Gasteiger partial charge in [0, 0.05) is 12.4 Å². The molecule has 1 aromatic carbocycles. The molecule has 2 rings (SSSR count). The summed E-state index contributed by atoms with van der Waals surface area (Å²) in [7, 11) is 2.86. The summed E-state index contributed by atoms with van der Waals surface area (Å²) in [5, 5.41) is 22.0. The minimum absolute atomic E-state index is 0.245. The topological polar surface area (TPSA) is 118 Å². The molecule has 1 aromatic heterocycles. The molecular weight excluding hydrogens is 316 g/mol. The molecule has 128 valence electrons. The largest absolute Gasteiger partial charge is 0.506 e. The molecule has 1 amide bonds. The van der Waals surface area contributed by atoms with E-state index < -0.39 is 34.3 Å². The van der Waals surface area contributed by atoms with E-state index in [2.05, 4.69) is 5.32 Å². The molecule has 0 bridgehead atoms. The van der Waals surface area contributed by atoms with Gasteiger partial charge in [-0.05, 0) is 26.0 Å². The van der Waals surface area contributed by atoms with E-state index in [1.165, 1.54) is 38.6 Å². The highest BCUT2D eigenvalue weighted by Crippen LogP contribution is 2.31. The Hall–Kier alpha value is -3.03. The van der Waals surface area contributed by atoms with Crippen LogP contribution in [0.15, 0.2) is 23.0 Å². The average molecular weight is 334 g/mol. The van der Waals surface area contributed by atoms with Crippen LogP contribution in [0.25, 0.3) is 10.9 Å². The van der Waals surface area contributed by atoms with Crippen LogP contribution in [-0.4, -0.2) is 39.3 Å². The molecule has 0 atom stereocenters. The fourth-order valence-electron chi connectivity index (χ4n) is 2.33. The molecule has 3 N–H and O–H groups in total. The van der Waals surface area contributed by atoms with Crippen molar-refractivity contribution in [3.8, 4) is 11.5 Å². The molecule has 8 heteroatoms. The first-order chi connectivity index (χ1) is 11.1. The molecule has 0 fully saturated rings. The quantitative estimate of drug-likeness (QED) is 0.763. The standard InChI is InChI=1S/C16H18N2O6/c1-16(2,15(22)23)17-13(20)10-12(19)8-6-5-7-9(24-4)11(8)18(3)14(10)21/h5-7,19H,1-4H3,(H,17,20)(H,22,23). The van der Waals surface area contributed by atoms with Crippen molar-refractivity contribution in [2.45, 2.75) is 19.4 Å². The van der Waals surface area contributed by atoms with E-state index in [4.69, 9.17) is 9.84 Å². The number of nitrogens with zero attached hydrogens (tertiary/aromatic N) is 1. The minimum Gasteiger partial charge on any atom is -0.506 e. The number of benzene rings is 1. The molecule has 1 heterocycles. The molecule has 8 nitrogen and oxygen atoms in total. The van der Waals surface area contributed by atoms with Gasteiger partial charge in [0.1, 0.15) is 22.6 Å². The number of rotatable bonds is 4. The van der Waals surface area contributed by atoms with Crippen molar-refractivity contribution in [2.24, 2.45) is 7.05 Å². The number of para-hydroxylation sites is 1. The lowest BCUT2D eigenvalue weighted by Gasteiger charge is -2.21. The van der Waals surface area contributed by atoms with E-state index in [0.717, 1.165) is 0 Å². The Bertz CT molecular complexity index is 898. The predicted octanol–water partition coefficient (Wildman–Crippen LogP) is 0.846. The summed E-state index contributed by atoms with van der Waals surface area (Å²) in [5.74, 6) is -2.40. The number of hydrogen-bond acceptors (Lipinski definition) is 5. The normalized spacial score (nSPS) is 11.3. The predicted molar refractivity (Wildman–Crippen MR) is 86.6 cm³/mol. The number of hydrogen-bond donors (Lipinski definition) is 3. The Morgan fingerprint density at radius 2 is 1.92 bits per heavy atom. The van der Waals surface area contributed by atoms with Gasteiger partial charge < -0.3 is 24.8 Å². The number of nitrogens with one attached hydrogen (secondary N) is 1. The van der Waals surface area contributed by atoms with E-state index in [1.54, 1.807) is 12.1 Å². The SMILES string of the molecule is COc1cccc2c(O)c(C(=O)NC(C)(C)C(=O)O)c(=O)n(C)c12. The summed E-state index contributed by atoms with van der Waals surface area (Å²) in [6, 6.07) is 4.76. The molecule has 24 heavy (non-hydrogen) atoms. The fraction of sp³-hybridized carbons (Fsp3) is 0.312. The maximum Gasteiger partial charge on any atom is 0.328 e. The Morgan fingerprint density at radius 3 is 2.46 bits per heavy atom. The summed E-state index contributed by atoms with van der Waals surface area (Å²) in [4.78, 5) is 36.0. The number of carboxylic acid groups (broad SMARTS) is 1. The van der Waals surface area contributed by atoms with Crippen LogP contribution >= 0.6 is 0 Å². The second-order valence-corrected chi connectivity index (χ2v) is 5.83. The van der Waals surface area contributed by atoms with Crippen LogP contribution in [0.1, 0.15) is 24.2 Å². The van der Waals surface area contributed by atoms with Crippen molar-refractivity contribution >= 4 is 22.8 Å². The van der Waals surface area contributed by atoms with Gasteiger partial charge in [-0.15, -0.1) is 0 Å². The second kappa shape index (κ2) is 5.88. The number of aromatic nitrogens is 1. The first-order valence-corrected chi connectivity index (χ1v) is 7.06. The maximum atomic E-state index is 12.5. The molecule has 0 spiro atoms. The van der Waals surface area contributed by atoms with Crippen molar-refractivity contribution < 1.29 is 24.5 Å². The lowest BCUT2D eigenvalue weighted by atomic mass is 10.0. The van der Waals surface area contributed by atoms with Gasteiger partial charge >= 0.3 is 5.97 Å². The Labute approximate surface area is 137 Å². The number of aryl methyl sites for hydroxylation is 1. The number of ether oxygens (including phenoxy) is 1. The maximum absolute atomic E-state index is 12.5. The average Bonchev–Trinajstić information content (AvgIpc) is 2.51. The van der Waals surface area contributed by atoms with Crippen molar-refractivity contribution in [1.82, 2.24) is 9.88 Å². The molecule has 0 radical (unpaired) electrons. The van der Waals surface area contributed by atoms with Gasteiger partial charge in [0.2, 0.25) is 0 Å². The van der Waals surface area contributed by atoms with Crippen molar-refractivity contribution in [3.05, 3.63) is 34.1 Å². The number of amides is 1. The first kappa shape index (κ1) is 17.3. The van der Waals surface area contributed by atoms with Gasteiger partial charge in [0.05, 0.1) is 12.6 Å². The van der Waals surface area contributed by atoms with Crippen molar-refractivity contribution in [1.29, 1.82) is 0 Å². The van der Waals surface area contributed by atoms with Gasteiger partial charge in [-0.3, -0.25) is 9.59 Å². The second-order valence-electron chi connectivity index (χ2n) is 5.83. The zero-order valence-corrected chi connectivity index (χ0v) is 13.7. The Balaban J connectivity index is 2.71. The molecule has 0 saturated carbocycles. The highest BCUT2D eigenvalue weighted by molar-refractivity contribution is 6.04. The van der Waals surface area contributed by atoms with Crippen molar-refractivity contribution in [2.75, 3.05) is 7.11 Å². The molecule has 0 aliphatic rings. The first-order valence-electron chi connectivity index (χ1n) is 7.06. The van der Waals surface area contributed by atoms with Gasteiger partial charge in [-0.2, -0.15) is 0 Å². The van der Waals surface area contributed by atoms with Crippen LogP contribution in [0.3, 0.4) is 0 Å². The number of aliphatic carboxylic acids is 1. The van der Waals surface area contributed by atoms with E-state index in [-0.39, 0.29) is 5.39 Å². The molecule has 0 unspecified atom stereocenters. The summed E-state index contributed by atoms with van der Waals surface area (Å²) in [6.45, 7) is 2.55. The minimum atomic E-state index is -1.60. The number of methoxy groups -OCH3 is 1. The summed E-state index contributed by atoms with van der Waals surface area (Å²) in [5.41, 5.74) is -2.55. The highest BCUT2D eigenvalue weighted by Gasteiger charge is 2.32. The van der Waals surface area contributed by atoms with Crippen LogP contribution < -0.4 is 15.6 Å². The number of pyridine rings is 1. The third-order valence-electron chi connectivity index (χ3n) is 3.75. The van der Waals surface area contributed by atoms with Crippen molar-refractivity contribution in [3.63, 3.8) is 0 Å². The van der Waals surface area contributed by atoms with Gasteiger partial charge in [-0.25, -0.2) is 4.79 Å². The molecule has 2 aromatic rings. The Morgan fingerprint density at radius 1 is 1.29 bits per heavy atom. The third-order valence-corrected chi connectivity index (χ3v) is 3.75. The molecule has 0 aliphatic carbocycles. The number of aromatic hydroxyl groups is 1. The van der Waals surface area contributed by atoms with E-state index in [0.29, 0.717) is 11.3 Å². The summed E-state index contributed by atoms with van der Waals surface area (Å²) < 4.78 is 6.36. The highest BCUT2D eigenvalue weighted by atomic mass is 16.5. The summed E-state index contributed by atoms with van der Waals surface area (Å²) in [6.07, 6.45) is 0. The van der Waals surface area contributed by atoms with Crippen LogP contribution in [0.4, 0.5) is 0 Å². The third kappa shape index (κ3) is 2.66. The van der Waals surface area contributed by atoms with Crippen LogP contribution in [0.2, 0.25) is 0 Å². The summed E-state index contributed by atoms with van der Waals surface area (Å²) >= 11 is 0. The smallest absolute Gasteiger partial charge is 0.328 e. The number of carbonyl (C=O) groups is 2. The zero-order valence-electron chi connectivity index (χ0n) is 13.7.